The summed E-state index contributed by atoms with van der Waals surface area (Å²) in [5, 5.41) is 14.3. The number of nitrogens with zero attached hydrogens (tertiary/aromatic N) is 2. The number of aliphatic hydroxyl groups is 1. The summed E-state index contributed by atoms with van der Waals surface area (Å²) in [6, 6.07) is 15.9. The van der Waals surface area contributed by atoms with Crippen LogP contribution in [0.15, 0.2) is 59.1 Å². The fourth-order valence-electron chi connectivity index (χ4n) is 2.76. The van der Waals surface area contributed by atoms with Gasteiger partial charge >= 0.3 is 0 Å². The molecule has 0 bridgehead atoms. The van der Waals surface area contributed by atoms with Crippen LogP contribution in [0.4, 0.5) is 0 Å². The second kappa shape index (κ2) is 8.58. The van der Waals surface area contributed by atoms with Crippen LogP contribution in [0.2, 0.25) is 0 Å². The van der Waals surface area contributed by atoms with Crippen molar-refractivity contribution in [1.82, 2.24) is 10.1 Å². The summed E-state index contributed by atoms with van der Waals surface area (Å²) >= 11 is 0. The molecule has 3 rings (SSSR count). The van der Waals surface area contributed by atoms with Crippen LogP contribution in [0.25, 0.3) is 11.3 Å². The second-order valence-electron chi connectivity index (χ2n) is 6.28. The van der Waals surface area contributed by atoms with E-state index >= 15 is 0 Å². The lowest BCUT2D eigenvalue weighted by molar-refractivity contribution is 0.0671. The van der Waals surface area contributed by atoms with Crippen LogP contribution in [0.3, 0.4) is 0 Å². The first kappa shape index (κ1) is 19.4. The van der Waals surface area contributed by atoms with Crippen LogP contribution in [0.5, 0.6) is 11.5 Å². The van der Waals surface area contributed by atoms with Gasteiger partial charge in [-0.1, -0.05) is 29.4 Å². The minimum atomic E-state index is -0.829. The molecule has 1 amide bonds. The molecule has 28 heavy (non-hydrogen) atoms. The van der Waals surface area contributed by atoms with Crippen molar-refractivity contribution in [3.8, 4) is 22.8 Å². The first-order chi connectivity index (χ1) is 13.5. The number of aromatic nitrogens is 1. The molecule has 0 aliphatic rings. The monoisotopic (exact) mass is 382 g/mol. The van der Waals surface area contributed by atoms with Gasteiger partial charge in [0.15, 0.2) is 11.5 Å². The molecule has 1 aromatic heterocycles. The van der Waals surface area contributed by atoms with Crippen LogP contribution in [0.1, 0.15) is 22.2 Å². The molecule has 1 unspecified atom stereocenters. The SMILES string of the molecule is COc1ccc(C(O)CN(C)C(=O)c2cc(-c3cccc(OC)c3)on2)cc1. The Kier molecular flexibility index (Phi) is 5.96. The van der Waals surface area contributed by atoms with Gasteiger partial charge in [0, 0.05) is 18.7 Å². The summed E-state index contributed by atoms with van der Waals surface area (Å²) in [5.74, 6) is 1.51. The van der Waals surface area contributed by atoms with E-state index in [0.717, 1.165) is 5.56 Å². The van der Waals surface area contributed by atoms with Crippen molar-refractivity contribution in [1.29, 1.82) is 0 Å². The predicted octanol–water partition coefficient (Wildman–Crippen LogP) is 3.16. The smallest absolute Gasteiger partial charge is 0.275 e. The van der Waals surface area contributed by atoms with Crippen molar-refractivity contribution < 1.29 is 23.9 Å². The van der Waals surface area contributed by atoms with Crippen LogP contribution in [-0.2, 0) is 0 Å². The maximum Gasteiger partial charge on any atom is 0.275 e. The Morgan fingerprint density at radius 3 is 2.50 bits per heavy atom. The van der Waals surface area contributed by atoms with E-state index in [2.05, 4.69) is 5.16 Å². The molecule has 0 radical (unpaired) electrons. The molecule has 0 spiro atoms. The number of likely N-dealkylation sites (N-methyl/N-ethyl adjacent to an activating group) is 1. The van der Waals surface area contributed by atoms with Crippen LogP contribution >= 0.6 is 0 Å². The average Bonchev–Trinajstić information content (AvgIpc) is 3.23. The fraction of sp³-hybridized carbons (Fsp3) is 0.238. The zero-order valence-corrected chi connectivity index (χ0v) is 16.0. The van der Waals surface area contributed by atoms with Gasteiger partial charge in [-0.2, -0.15) is 0 Å². The van der Waals surface area contributed by atoms with E-state index in [1.165, 1.54) is 4.90 Å². The molecular formula is C21H22N2O5. The summed E-state index contributed by atoms with van der Waals surface area (Å²) in [6.45, 7) is 0.118. The first-order valence-corrected chi connectivity index (χ1v) is 8.70. The second-order valence-corrected chi connectivity index (χ2v) is 6.28. The van der Waals surface area contributed by atoms with E-state index in [-0.39, 0.29) is 18.1 Å². The predicted molar refractivity (Wildman–Crippen MR) is 103 cm³/mol. The number of carbonyl (C=O) groups is 1. The Morgan fingerprint density at radius 1 is 1.11 bits per heavy atom. The highest BCUT2D eigenvalue weighted by molar-refractivity contribution is 5.93. The zero-order chi connectivity index (χ0) is 20.1. The Labute approximate surface area is 163 Å². The van der Waals surface area contributed by atoms with Gasteiger partial charge in [-0.3, -0.25) is 4.79 Å². The summed E-state index contributed by atoms with van der Waals surface area (Å²) < 4.78 is 15.6. The maximum absolute atomic E-state index is 12.6. The average molecular weight is 382 g/mol. The summed E-state index contributed by atoms with van der Waals surface area (Å²) in [4.78, 5) is 14.0. The van der Waals surface area contributed by atoms with Gasteiger partial charge in [-0.25, -0.2) is 0 Å². The topological polar surface area (TPSA) is 85.0 Å². The van der Waals surface area contributed by atoms with Crippen molar-refractivity contribution in [2.75, 3.05) is 27.8 Å². The van der Waals surface area contributed by atoms with E-state index in [4.69, 9.17) is 14.0 Å². The number of rotatable bonds is 7. The van der Waals surface area contributed by atoms with Gasteiger partial charge in [-0.15, -0.1) is 0 Å². The van der Waals surface area contributed by atoms with Crippen molar-refractivity contribution in [2.24, 2.45) is 0 Å². The van der Waals surface area contributed by atoms with Crippen LogP contribution in [0, 0.1) is 0 Å². The number of hydrogen-bond acceptors (Lipinski definition) is 6. The minimum absolute atomic E-state index is 0.118. The van der Waals surface area contributed by atoms with Crippen molar-refractivity contribution >= 4 is 5.91 Å². The molecule has 0 saturated carbocycles. The molecule has 0 saturated heterocycles. The largest absolute Gasteiger partial charge is 0.497 e. The fourth-order valence-corrected chi connectivity index (χ4v) is 2.76. The number of hydrogen-bond donors (Lipinski definition) is 1. The van der Waals surface area contributed by atoms with Gasteiger partial charge in [0.1, 0.15) is 11.5 Å². The van der Waals surface area contributed by atoms with Gasteiger partial charge in [0.05, 0.1) is 26.9 Å². The third kappa shape index (κ3) is 4.32. The summed E-state index contributed by atoms with van der Waals surface area (Å²) in [7, 11) is 4.77. The molecule has 1 atom stereocenters. The van der Waals surface area contributed by atoms with Gasteiger partial charge < -0.3 is 24.0 Å². The summed E-state index contributed by atoms with van der Waals surface area (Å²) in [6.07, 6.45) is -0.829. The molecule has 0 aliphatic heterocycles. The zero-order valence-electron chi connectivity index (χ0n) is 16.0. The molecule has 2 aromatic carbocycles. The highest BCUT2D eigenvalue weighted by atomic mass is 16.5. The van der Waals surface area contributed by atoms with E-state index in [9.17, 15) is 9.90 Å². The maximum atomic E-state index is 12.6. The molecule has 1 heterocycles. The number of amides is 1. The third-order valence-corrected chi connectivity index (χ3v) is 4.38. The van der Waals surface area contributed by atoms with E-state index in [1.54, 1.807) is 57.7 Å². The van der Waals surface area contributed by atoms with Gasteiger partial charge in [0.25, 0.3) is 5.91 Å². The van der Waals surface area contributed by atoms with Crippen molar-refractivity contribution in [3.05, 3.63) is 65.9 Å². The normalized spacial score (nSPS) is 11.7. The number of benzene rings is 2. The quantitative estimate of drug-likeness (QED) is 0.676. The Balaban J connectivity index is 1.68. The van der Waals surface area contributed by atoms with Gasteiger partial charge in [0.2, 0.25) is 0 Å². The first-order valence-electron chi connectivity index (χ1n) is 8.70. The molecule has 3 aromatic rings. The Hall–Kier alpha value is -3.32. The Morgan fingerprint density at radius 2 is 1.82 bits per heavy atom. The Bertz CT molecular complexity index is 936. The molecule has 1 N–H and O–H groups in total. The van der Waals surface area contributed by atoms with Gasteiger partial charge in [-0.05, 0) is 29.8 Å². The molecule has 7 heteroatoms. The third-order valence-electron chi connectivity index (χ3n) is 4.38. The molecular weight excluding hydrogens is 360 g/mol. The molecule has 0 fully saturated rings. The number of aliphatic hydroxyl groups excluding tert-OH is 1. The van der Waals surface area contributed by atoms with Crippen LogP contribution < -0.4 is 9.47 Å². The number of methoxy groups -OCH3 is 2. The van der Waals surface area contributed by atoms with E-state index in [0.29, 0.717) is 22.8 Å². The standard InChI is InChI=1S/C21H22N2O5/c1-23(13-19(24)14-7-9-16(26-2)10-8-14)21(25)18-12-20(28-22-18)15-5-4-6-17(11-15)27-3/h4-12,19,24H,13H2,1-3H3. The number of carbonyl (C=O) groups excluding carboxylic acids is 1. The minimum Gasteiger partial charge on any atom is -0.497 e. The van der Waals surface area contributed by atoms with Crippen molar-refractivity contribution in [3.63, 3.8) is 0 Å². The number of ether oxygens (including phenoxy) is 2. The lowest BCUT2D eigenvalue weighted by Gasteiger charge is -2.20. The summed E-state index contributed by atoms with van der Waals surface area (Å²) in [5.41, 5.74) is 1.62. The van der Waals surface area contributed by atoms with E-state index in [1.807, 2.05) is 18.2 Å². The molecule has 0 aliphatic carbocycles. The lowest BCUT2D eigenvalue weighted by Crippen LogP contribution is -2.31. The highest BCUT2D eigenvalue weighted by Gasteiger charge is 2.20. The van der Waals surface area contributed by atoms with E-state index < -0.39 is 6.10 Å². The molecule has 7 nitrogen and oxygen atoms in total. The van der Waals surface area contributed by atoms with Crippen LogP contribution in [-0.4, -0.2) is 48.9 Å². The molecule has 146 valence electrons. The van der Waals surface area contributed by atoms with Crippen molar-refractivity contribution in [2.45, 2.75) is 6.10 Å². The lowest BCUT2D eigenvalue weighted by atomic mass is 10.1. The highest BCUT2D eigenvalue weighted by Crippen LogP contribution is 2.25.